The lowest BCUT2D eigenvalue weighted by molar-refractivity contribution is 0.0252. The van der Waals surface area contributed by atoms with Crippen molar-refractivity contribution in [2.75, 3.05) is 20.2 Å². The summed E-state index contributed by atoms with van der Waals surface area (Å²) >= 11 is 3.28. The van der Waals surface area contributed by atoms with Crippen molar-refractivity contribution in [3.8, 4) is 0 Å². The van der Waals surface area contributed by atoms with Gasteiger partial charge in [0.1, 0.15) is 11.4 Å². The fourth-order valence-corrected chi connectivity index (χ4v) is 2.70. The SMILES string of the molecule is CO[C@H]1CN(C(=O)OC(C)(C)C)CC1NCc1ccc(Br)o1. The maximum atomic E-state index is 12.1. The van der Waals surface area contributed by atoms with Crippen LogP contribution in [0.4, 0.5) is 4.79 Å². The highest BCUT2D eigenvalue weighted by atomic mass is 79.9. The molecule has 0 aliphatic carbocycles. The second-order valence-corrected chi connectivity index (χ2v) is 7.13. The number of rotatable bonds is 4. The molecule has 1 aromatic rings. The van der Waals surface area contributed by atoms with E-state index in [0.29, 0.717) is 24.3 Å². The van der Waals surface area contributed by atoms with Gasteiger partial charge in [-0.15, -0.1) is 0 Å². The molecule has 0 aromatic carbocycles. The van der Waals surface area contributed by atoms with Crippen molar-refractivity contribution in [2.45, 2.75) is 45.1 Å². The molecule has 2 heterocycles. The smallest absolute Gasteiger partial charge is 0.410 e. The van der Waals surface area contributed by atoms with Crippen molar-refractivity contribution in [1.82, 2.24) is 10.2 Å². The molecule has 0 spiro atoms. The number of halogens is 1. The number of likely N-dealkylation sites (tertiary alicyclic amines) is 1. The summed E-state index contributed by atoms with van der Waals surface area (Å²) < 4.78 is 17.0. The predicted octanol–water partition coefficient (Wildman–Crippen LogP) is 2.77. The molecule has 1 aromatic heterocycles. The Morgan fingerprint density at radius 2 is 2.18 bits per heavy atom. The van der Waals surface area contributed by atoms with Gasteiger partial charge in [-0.25, -0.2) is 4.79 Å². The lowest BCUT2D eigenvalue weighted by Crippen LogP contribution is -2.40. The molecule has 2 atom stereocenters. The molecule has 124 valence electrons. The molecule has 1 aliphatic rings. The van der Waals surface area contributed by atoms with Gasteiger partial charge in [-0.1, -0.05) is 0 Å². The van der Waals surface area contributed by atoms with Crippen LogP contribution in [0.15, 0.2) is 21.2 Å². The van der Waals surface area contributed by atoms with E-state index in [9.17, 15) is 4.79 Å². The summed E-state index contributed by atoms with van der Waals surface area (Å²) in [5, 5.41) is 3.37. The molecule has 2 rings (SSSR count). The summed E-state index contributed by atoms with van der Waals surface area (Å²) in [4.78, 5) is 13.8. The lowest BCUT2D eigenvalue weighted by Gasteiger charge is -2.24. The van der Waals surface area contributed by atoms with Crippen LogP contribution in [-0.4, -0.2) is 48.9 Å². The van der Waals surface area contributed by atoms with E-state index >= 15 is 0 Å². The van der Waals surface area contributed by atoms with Crippen molar-refractivity contribution < 1.29 is 18.7 Å². The number of carbonyl (C=O) groups excluding carboxylic acids is 1. The summed E-state index contributed by atoms with van der Waals surface area (Å²) in [6, 6.07) is 3.80. The molecule has 1 aliphatic heterocycles. The molecule has 22 heavy (non-hydrogen) atoms. The summed E-state index contributed by atoms with van der Waals surface area (Å²) in [6.07, 6.45) is -0.370. The Hall–Kier alpha value is -1.05. The van der Waals surface area contributed by atoms with Gasteiger partial charge in [-0.3, -0.25) is 0 Å². The van der Waals surface area contributed by atoms with Gasteiger partial charge in [0, 0.05) is 13.7 Å². The summed E-state index contributed by atoms with van der Waals surface area (Å²) in [7, 11) is 1.65. The molecule has 1 unspecified atom stereocenters. The average Bonchev–Trinajstić information content (AvgIpc) is 3.00. The third-order valence-corrected chi connectivity index (χ3v) is 3.81. The van der Waals surface area contributed by atoms with Gasteiger partial charge in [0.2, 0.25) is 0 Å². The van der Waals surface area contributed by atoms with Crippen molar-refractivity contribution in [1.29, 1.82) is 0 Å². The first kappa shape index (κ1) is 17.3. The first-order chi connectivity index (χ1) is 10.3. The first-order valence-electron chi connectivity index (χ1n) is 7.27. The van der Waals surface area contributed by atoms with Gasteiger partial charge in [0.25, 0.3) is 0 Å². The van der Waals surface area contributed by atoms with Gasteiger partial charge >= 0.3 is 6.09 Å². The molecule has 1 N–H and O–H groups in total. The predicted molar refractivity (Wildman–Crippen MR) is 85.6 cm³/mol. The number of carbonyl (C=O) groups is 1. The molecule has 1 saturated heterocycles. The van der Waals surface area contributed by atoms with E-state index < -0.39 is 5.60 Å². The standard InChI is InChI=1S/C15H23BrN2O4/c1-15(2,3)22-14(19)18-8-11(12(9-18)20-4)17-7-10-5-6-13(16)21-10/h5-6,11-12,17H,7-9H2,1-4H3/t11?,12-/m0/s1. The highest BCUT2D eigenvalue weighted by molar-refractivity contribution is 9.10. The maximum Gasteiger partial charge on any atom is 0.410 e. The fourth-order valence-electron chi connectivity index (χ4n) is 2.36. The molecular weight excluding hydrogens is 352 g/mol. The Bertz CT molecular complexity index is 512. The van der Waals surface area contributed by atoms with Crippen LogP contribution in [0.1, 0.15) is 26.5 Å². The zero-order valence-corrected chi connectivity index (χ0v) is 15.0. The molecular formula is C15H23BrN2O4. The van der Waals surface area contributed by atoms with Crippen LogP contribution >= 0.6 is 15.9 Å². The van der Waals surface area contributed by atoms with Gasteiger partial charge in [-0.2, -0.15) is 0 Å². The average molecular weight is 375 g/mol. The van der Waals surface area contributed by atoms with Gasteiger partial charge < -0.3 is 24.1 Å². The van der Waals surface area contributed by atoms with Crippen molar-refractivity contribution in [3.63, 3.8) is 0 Å². The highest BCUT2D eigenvalue weighted by Gasteiger charge is 2.37. The Morgan fingerprint density at radius 1 is 1.45 bits per heavy atom. The summed E-state index contributed by atoms with van der Waals surface area (Å²) in [6.45, 7) is 7.23. The van der Waals surface area contributed by atoms with E-state index in [2.05, 4.69) is 21.2 Å². The minimum Gasteiger partial charge on any atom is -0.453 e. The van der Waals surface area contributed by atoms with E-state index in [1.54, 1.807) is 12.0 Å². The van der Waals surface area contributed by atoms with Gasteiger partial charge in [0.05, 0.1) is 25.2 Å². The molecule has 7 heteroatoms. The topological polar surface area (TPSA) is 63.9 Å². The highest BCUT2D eigenvalue weighted by Crippen LogP contribution is 2.19. The van der Waals surface area contributed by atoms with E-state index in [1.165, 1.54) is 0 Å². The third kappa shape index (κ3) is 4.72. The number of methoxy groups -OCH3 is 1. The third-order valence-electron chi connectivity index (χ3n) is 3.39. The van der Waals surface area contributed by atoms with Crippen LogP contribution in [0.3, 0.4) is 0 Å². The quantitative estimate of drug-likeness (QED) is 0.877. The maximum absolute atomic E-state index is 12.1. The lowest BCUT2D eigenvalue weighted by atomic mass is 10.2. The van der Waals surface area contributed by atoms with Crippen molar-refractivity contribution >= 4 is 22.0 Å². The van der Waals surface area contributed by atoms with E-state index in [-0.39, 0.29) is 18.2 Å². The molecule has 1 amide bonds. The Labute approximate surface area is 139 Å². The number of hydrogen-bond acceptors (Lipinski definition) is 5. The Morgan fingerprint density at radius 3 is 2.73 bits per heavy atom. The van der Waals surface area contributed by atoms with E-state index in [4.69, 9.17) is 13.9 Å². The second kappa shape index (κ2) is 7.02. The van der Waals surface area contributed by atoms with Crippen LogP contribution in [0.5, 0.6) is 0 Å². The normalized spacial score (nSPS) is 22.1. The largest absolute Gasteiger partial charge is 0.453 e. The van der Waals surface area contributed by atoms with E-state index in [1.807, 2.05) is 32.9 Å². The number of hydrogen-bond donors (Lipinski definition) is 1. The van der Waals surface area contributed by atoms with Crippen LogP contribution in [0.25, 0.3) is 0 Å². The summed E-state index contributed by atoms with van der Waals surface area (Å²) in [5.41, 5.74) is -0.494. The molecule has 0 bridgehead atoms. The Kier molecular flexibility index (Phi) is 5.52. The fraction of sp³-hybridized carbons (Fsp3) is 0.667. The molecule has 1 fully saturated rings. The van der Waals surface area contributed by atoms with Crippen LogP contribution in [-0.2, 0) is 16.0 Å². The first-order valence-corrected chi connectivity index (χ1v) is 8.06. The zero-order valence-electron chi connectivity index (χ0n) is 13.4. The van der Waals surface area contributed by atoms with Crippen LogP contribution in [0, 0.1) is 0 Å². The van der Waals surface area contributed by atoms with Crippen molar-refractivity contribution in [2.24, 2.45) is 0 Å². The number of nitrogens with one attached hydrogen (secondary N) is 1. The molecule has 6 nitrogen and oxygen atoms in total. The number of nitrogens with zero attached hydrogens (tertiary/aromatic N) is 1. The van der Waals surface area contributed by atoms with E-state index in [0.717, 1.165) is 5.76 Å². The number of ether oxygens (including phenoxy) is 2. The minimum atomic E-state index is -0.494. The number of furan rings is 1. The second-order valence-electron chi connectivity index (χ2n) is 6.35. The summed E-state index contributed by atoms with van der Waals surface area (Å²) in [5.74, 6) is 0.831. The van der Waals surface area contributed by atoms with Crippen molar-refractivity contribution in [3.05, 3.63) is 22.6 Å². The zero-order chi connectivity index (χ0) is 16.3. The molecule has 0 radical (unpaired) electrons. The van der Waals surface area contributed by atoms with Crippen LogP contribution in [0.2, 0.25) is 0 Å². The van der Waals surface area contributed by atoms with Gasteiger partial charge in [0.15, 0.2) is 4.67 Å². The minimum absolute atomic E-state index is 0.0430. The van der Waals surface area contributed by atoms with Gasteiger partial charge in [-0.05, 0) is 48.8 Å². The Balaban J connectivity index is 1.90. The monoisotopic (exact) mass is 374 g/mol. The number of amides is 1. The molecule has 0 saturated carbocycles. The van der Waals surface area contributed by atoms with Crippen LogP contribution < -0.4 is 5.32 Å².